The fourth-order valence-corrected chi connectivity index (χ4v) is 4.24. The van der Waals surface area contributed by atoms with Gasteiger partial charge in [-0.05, 0) is 56.2 Å². The van der Waals surface area contributed by atoms with Crippen LogP contribution in [0.25, 0.3) is 0 Å². The van der Waals surface area contributed by atoms with Crippen LogP contribution in [0.15, 0.2) is 24.3 Å². The molecule has 0 radical (unpaired) electrons. The molecule has 2 aliphatic rings. The Bertz CT molecular complexity index is 662. The molecule has 2 amide bonds. The Hall–Kier alpha value is -2.28. The van der Waals surface area contributed by atoms with Gasteiger partial charge >= 0.3 is 12.0 Å². The summed E-state index contributed by atoms with van der Waals surface area (Å²) < 4.78 is 10.8. The Labute approximate surface area is 165 Å². The Morgan fingerprint density at radius 2 is 1.79 bits per heavy atom. The first kappa shape index (κ1) is 20.5. The largest absolute Gasteiger partial charge is 0.497 e. The SMILES string of the molecule is COc1ccc(C2(CNC(=O)NC3CCC(C(=O)O)CC3)CCOCC2)cc1. The number of amides is 2. The topological polar surface area (TPSA) is 96.9 Å². The van der Waals surface area contributed by atoms with E-state index in [4.69, 9.17) is 14.6 Å². The smallest absolute Gasteiger partial charge is 0.315 e. The highest BCUT2D eigenvalue weighted by atomic mass is 16.5. The average Bonchev–Trinajstić information content (AvgIpc) is 2.73. The van der Waals surface area contributed by atoms with Crippen molar-refractivity contribution in [3.05, 3.63) is 29.8 Å². The molecule has 7 heteroatoms. The second-order valence-electron chi connectivity index (χ2n) is 7.84. The van der Waals surface area contributed by atoms with Crippen LogP contribution in [0, 0.1) is 5.92 Å². The van der Waals surface area contributed by atoms with Crippen molar-refractivity contribution in [3.63, 3.8) is 0 Å². The molecule has 1 saturated heterocycles. The number of nitrogens with one attached hydrogen (secondary N) is 2. The number of aliphatic carboxylic acids is 1. The molecule has 1 aromatic rings. The molecule has 0 aromatic heterocycles. The quantitative estimate of drug-likeness (QED) is 0.694. The number of methoxy groups -OCH3 is 1. The van der Waals surface area contributed by atoms with Crippen molar-refractivity contribution < 1.29 is 24.2 Å². The Balaban J connectivity index is 1.56. The Morgan fingerprint density at radius 1 is 1.14 bits per heavy atom. The predicted octanol–water partition coefficient (Wildman–Crippen LogP) is 2.69. The molecule has 0 unspecified atom stereocenters. The summed E-state index contributed by atoms with van der Waals surface area (Å²) in [6, 6.07) is 7.90. The van der Waals surface area contributed by atoms with Crippen LogP contribution in [0.5, 0.6) is 5.75 Å². The molecule has 0 atom stereocenters. The molecular weight excluding hydrogens is 360 g/mol. The van der Waals surface area contributed by atoms with Crippen molar-refractivity contribution in [2.75, 3.05) is 26.9 Å². The summed E-state index contributed by atoms with van der Waals surface area (Å²) in [5, 5.41) is 15.1. The molecule has 28 heavy (non-hydrogen) atoms. The lowest BCUT2D eigenvalue weighted by Crippen LogP contribution is -2.50. The van der Waals surface area contributed by atoms with Crippen LogP contribution in [0.1, 0.15) is 44.1 Å². The Kier molecular flexibility index (Phi) is 6.78. The zero-order chi connectivity index (χ0) is 20.0. The van der Waals surface area contributed by atoms with E-state index < -0.39 is 5.97 Å². The lowest BCUT2D eigenvalue weighted by atomic mass is 9.74. The second kappa shape index (κ2) is 9.28. The molecule has 7 nitrogen and oxygen atoms in total. The maximum atomic E-state index is 12.5. The molecule has 0 spiro atoms. The minimum atomic E-state index is -0.733. The fraction of sp³-hybridized carbons (Fsp3) is 0.619. The van der Waals surface area contributed by atoms with Crippen molar-refractivity contribution in [2.45, 2.75) is 50.0 Å². The predicted molar refractivity (Wildman–Crippen MR) is 105 cm³/mol. The van der Waals surface area contributed by atoms with Crippen molar-refractivity contribution in [1.82, 2.24) is 10.6 Å². The molecule has 2 fully saturated rings. The van der Waals surface area contributed by atoms with Crippen LogP contribution in [0.3, 0.4) is 0 Å². The van der Waals surface area contributed by atoms with Gasteiger partial charge in [0.25, 0.3) is 0 Å². The van der Waals surface area contributed by atoms with Gasteiger partial charge in [-0.2, -0.15) is 0 Å². The monoisotopic (exact) mass is 390 g/mol. The average molecular weight is 390 g/mol. The number of hydrogen-bond donors (Lipinski definition) is 3. The van der Waals surface area contributed by atoms with Crippen LogP contribution < -0.4 is 15.4 Å². The van der Waals surface area contributed by atoms with Crippen molar-refractivity contribution in [2.24, 2.45) is 5.92 Å². The van der Waals surface area contributed by atoms with Crippen molar-refractivity contribution in [3.8, 4) is 5.75 Å². The molecule has 1 heterocycles. The van der Waals surface area contributed by atoms with Gasteiger partial charge in [0, 0.05) is 31.2 Å². The van der Waals surface area contributed by atoms with E-state index in [1.807, 2.05) is 12.1 Å². The van der Waals surface area contributed by atoms with Crippen molar-refractivity contribution >= 4 is 12.0 Å². The van der Waals surface area contributed by atoms with E-state index in [-0.39, 0.29) is 23.4 Å². The summed E-state index contributed by atoms with van der Waals surface area (Å²) >= 11 is 0. The zero-order valence-corrected chi connectivity index (χ0v) is 16.4. The molecule has 1 aromatic carbocycles. The van der Waals surface area contributed by atoms with E-state index >= 15 is 0 Å². The van der Waals surface area contributed by atoms with E-state index in [1.165, 1.54) is 5.56 Å². The lowest BCUT2D eigenvalue weighted by molar-refractivity contribution is -0.142. The Morgan fingerprint density at radius 3 is 2.36 bits per heavy atom. The molecule has 3 N–H and O–H groups in total. The normalized spacial score (nSPS) is 24.2. The number of benzene rings is 1. The van der Waals surface area contributed by atoms with Gasteiger partial charge in [-0.25, -0.2) is 4.79 Å². The second-order valence-corrected chi connectivity index (χ2v) is 7.84. The highest BCUT2D eigenvalue weighted by Gasteiger charge is 2.35. The highest BCUT2D eigenvalue weighted by molar-refractivity contribution is 5.74. The first-order chi connectivity index (χ1) is 13.5. The number of hydrogen-bond acceptors (Lipinski definition) is 4. The molecule has 0 bridgehead atoms. The van der Waals surface area contributed by atoms with Crippen LogP contribution >= 0.6 is 0 Å². The summed E-state index contributed by atoms with van der Waals surface area (Å²) in [7, 11) is 1.65. The summed E-state index contributed by atoms with van der Waals surface area (Å²) in [4.78, 5) is 23.5. The first-order valence-electron chi connectivity index (χ1n) is 10.0. The fourth-order valence-electron chi connectivity index (χ4n) is 4.24. The van der Waals surface area contributed by atoms with Crippen LogP contribution in [-0.4, -0.2) is 50.0 Å². The molecule has 3 rings (SSSR count). The van der Waals surface area contributed by atoms with Gasteiger partial charge in [0.2, 0.25) is 0 Å². The summed E-state index contributed by atoms with van der Waals surface area (Å²) in [5.41, 5.74) is 1.03. The molecule has 1 aliphatic heterocycles. The minimum Gasteiger partial charge on any atom is -0.497 e. The molecule has 1 saturated carbocycles. The van der Waals surface area contributed by atoms with Crippen molar-refractivity contribution in [1.29, 1.82) is 0 Å². The minimum absolute atomic E-state index is 0.0437. The van der Waals surface area contributed by atoms with Crippen LogP contribution in [0.2, 0.25) is 0 Å². The standard InChI is InChI=1S/C21H30N2O5/c1-27-18-8-4-16(5-9-18)21(10-12-28-13-11-21)14-22-20(26)23-17-6-2-15(3-7-17)19(24)25/h4-5,8-9,15,17H,2-3,6-7,10-14H2,1H3,(H,24,25)(H2,22,23,26). The van der Waals surface area contributed by atoms with Gasteiger partial charge in [0.05, 0.1) is 13.0 Å². The third kappa shape index (κ3) is 4.95. The number of ether oxygens (including phenoxy) is 2. The van der Waals surface area contributed by atoms with Gasteiger partial charge < -0.3 is 25.2 Å². The summed E-state index contributed by atoms with van der Waals surface area (Å²) in [5.74, 6) is -0.195. The number of urea groups is 1. The summed E-state index contributed by atoms with van der Waals surface area (Å²) in [6.45, 7) is 1.89. The summed E-state index contributed by atoms with van der Waals surface area (Å²) in [6.07, 6.45) is 4.36. The number of rotatable bonds is 6. The van der Waals surface area contributed by atoms with Gasteiger partial charge in [-0.15, -0.1) is 0 Å². The van der Waals surface area contributed by atoms with E-state index in [0.717, 1.165) is 18.6 Å². The van der Waals surface area contributed by atoms with Gasteiger partial charge in [0.1, 0.15) is 5.75 Å². The molecular formula is C21H30N2O5. The van der Waals surface area contributed by atoms with Gasteiger partial charge in [-0.1, -0.05) is 12.1 Å². The third-order valence-electron chi connectivity index (χ3n) is 6.15. The molecule has 154 valence electrons. The molecule has 1 aliphatic carbocycles. The lowest BCUT2D eigenvalue weighted by Gasteiger charge is -2.38. The number of carbonyl (C=O) groups is 2. The van der Waals surface area contributed by atoms with Gasteiger partial charge in [-0.3, -0.25) is 4.79 Å². The zero-order valence-electron chi connectivity index (χ0n) is 16.4. The van der Waals surface area contributed by atoms with E-state index in [2.05, 4.69) is 22.8 Å². The van der Waals surface area contributed by atoms with Crippen LogP contribution in [0.4, 0.5) is 4.79 Å². The number of carbonyl (C=O) groups excluding carboxylic acids is 1. The first-order valence-corrected chi connectivity index (χ1v) is 10.0. The van der Waals surface area contributed by atoms with E-state index in [0.29, 0.717) is 45.4 Å². The number of carboxylic acid groups (broad SMARTS) is 1. The number of carboxylic acids is 1. The van der Waals surface area contributed by atoms with E-state index in [9.17, 15) is 9.59 Å². The van der Waals surface area contributed by atoms with Gasteiger partial charge in [0.15, 0.2) is 0 Å². The maximum Gasteiger partial charge on any atom is 0.315 e. The highest BCUT2D eigenvalue weighted by Crippen LogP contribution is 2.35. The van der Waals surface area contributed by atoms with Crippen LogP contribution in [-0.2, 0) is 14.9 Å². The third-order valence-corrected chi connectivity index (χ3v) is 6.15. The van der Waals surface area contributed by atoms with E-state index in [1.54, 1.807) is 7.11 Å². The maximum absolute atomic E-state index is 12.5.